The zero-order valence-electron chi connectivity index (χ0n) is 17.7. The van der Waals surface area contributed by atoms with Crippen molar-refractivity contribution in [1.82, 2.24) is 14.9 Å². The second-order valence-electron chi connectivity index (χ2n) is 7.51. The molecular formula is C24H25N3O4. The summed E-state index contributed by atoms with van der Waals surface area (Å²) in [5, 5.41) is 1.47. The Morgan fingerprint density at radius 3 is 2.71 bits per heavy atom. The number of nitrogens with one attached hydrogen (secondary N) is 1. The highest BCUT2D eigenvalue weighted by Crippen LogP contribution is 2.21. The van der Waals surface area contributed by atoms with Crippen LogP contribution in [0.3, 0.4) is 0 Å². The van der Waals surface area contributed by atoms with Crippen molar-refractivity contribution in [2.75, 3.05) is 20.3 Å². The van der Waals surface area contributed by atoms with Crippen LogP contribution in [0.2, 0.25) is 0 Å². The number of ether oxygens (including phenoxy) is 1. The Morgan fingerprint density at radius 2 is 1.90 bits per heavy atom. The maximum Gasteiger partial charge on any atom is 0.336 e. The number of para-hydroxylation sites is 1. The summed E-state index contributed by atoms with van der Waals surface area (Å²) >= 11 is 0. The van der Waals surface area contributed by atoms with E-state index in [0.29, 0.717) is 48.6 Å². The van der Waals surface area contributed by atoms with Crippen molar-refractivity contribution in [2.45, 2.75) is 26.4 Å². The van der Waals surface area contributed by atoms with Crippen LogP contribution in [0.1, 0.15) is 23.9 Å². The summed E-state index contributed by atoms with van der Waals surface area (Å²) < 4.78 is 10.7. The van der Waals surface area contributed by atoms with Crippen LogP contribution in [-0.2, 0) is 24.2 Å². The smallest absolute Gasteiger partial charge is 0.336 e. The Balaban J connectivity index is 1.68. The van der Waals surface area contributed by atoms with Crippen LogP contribution in [0.5, 0.6) is 0 Å². The Hall–Kier alpha value is -3.29. The second kappa shape index (κ2) is 9.24. The number of aryl methyl sites for hydroxylation is 1. The minimum Gasteiger partial charge on any atom is -0.423 e. The monoisotopic (exact) mass is 419 g/mol. The van der Waals surface area contributed by atoms with E-state index in [1.165, 1.54) is 6.07 Å². The van der Waals surface area contributed by atoms with E-state index in [4.69, 9.17) is 9.15 Å². The molecule has 0 aliphatic carbocycles. The maximum atomic E-state index is 12.4. The van der Waals surface area contributed by atoms with Gasteiger partial charge in [-0.05, 0) is 35.7 Å². The normalized spacial score (nSPS) is 11.6. The molecule has 2 aromatic carbocycles. The summed E-state index contributed by atoms with van der Waals surface area (Å²) in [6, 6.07) is 14.8. The number of aromatic amines is 1. The molecule has 2 aromatic heterocycles. The van der Waals surface area contributed by atoms with Gasteiger partial charge in [-0.3, -0.25) is 9.69 Å². The van der Waals surface area contributed by atoms with Crippen LogP contribution in [0.15, 0.2) is 62.5 Å². The van der Waals surface area contributed by atoms with Crippen LogP contribution in [-0.4, -0.2) is 35.1 Å². The number of H-pyrrole nitrogens is 1. The lowest BCUT2D eigenvalue weighted by Crippen LogP contribution is -2.29. The van der Waals surface area contributed by atoms with Gasteiger partial charge >= 0.3 is 5.63 Å². The highest BCUT2D eigenvalue weighted by molar-refractivity contribution is 5.81. The fourth-order valence-corrected chi connectivity index (χ4v) is 3.72. The summed E-state index contributed by atoms with van der Waals surface area (Å²) in [4.78, 5) is 34.2. The Bertz CT molecular complexity index is 1330. The average molecular weight is 419 g/mol. The minimum atomic E-state index is -0.375. The van der Waals surface area contributed by atoms with Gasteiger partial charge in [0, 0.05) is 31.7 Å². The number of aromatic nitrogens is 2. The minimum absolute atomic E-state index is 0.162. The van der Waals surface area contributed by atoms with Gasteiger partial charge in [-0.15, -0.1) is 0 Å². The molecule has 0 saturated heterocycles. The predicted molar refractivity (Wildman–Crippen MR) is 120 cm³/mol. The third-order valence-electron chi connectivity index (χ3n) is 5.34. The van der Waals surface area contributed by atoms with Crippen LogP contribution in [0.4, 0.5) is 0 Å². The van der Waals surface area contributed by atoms with Gasteiger partial charge in [-0.1, -0.05) is 31.2 Å². The predicted octanol–water partition coefficient (Wildman–Crippen LogP) is 3.24. The van der Waals surface area contributed by atoms with E-state index in [0.717, 1.165) is 22.9 Å². The van der Waals surface area contributed by atoms with Gasteiger partial charge < -0.3 is 14.1 Å². The van der Waals surface area contributed by atoms with Gasteiger partial charge in [0.2, 0.25) is 0 Å². The molecule has 0 saturated carbocycles. The lowest BCUT2D eigenvalue weighted by Gasteiger charge is -2.22. The summed E-state index contributed by atoms with van der Waals surface area (Å²) in [5.41, 5.74) is 2.69. The first-order chi connectivity index (χ1) is 15.1. The van der Waals surface area contributed by atoms with E-state index < -0.39 is 0 Å². The van der Waals surface area contributed by atoms with Crippen LogP contribution in [0.25, 0.3) is 21.9 Å². The zero-order valence-corrected chi connectivity index (χ0v) is 17.7. The fourth-order valence-electron chi connectivity index (χ4n) is 3.72. The van der Waals surface area contributed by atoms with E-state index in [1.54, 1.807) is 13.2 Å². The first-order valence-corrected chi connectivity index (χ1v) is 10.3. The molecule has 160 valence electrons. The Morgan fingerprint density at radius 1 is 1.06 bits per heavy atom. The molecule has 0 radical (unpaired) electrons. The molecule has 0 aliphatic heterocycles. The molecule has 1 N–H and O–H groups in total. The van der Waals surface area contributed by atoms with Gasteiger partial charge in [-0.2, -0.15) is 0 Å². The lowest BCUT2D eigenvalue weighted by atomic mass is 10.1. The molecule has 0 amide bonds. The molecule has 0 atom stereocenters. The van der Waals surface area contributed by atoms with E-state index in [9.17, 15) is 9.59 Å². The lowest BCUT2D eigenvalue weighted by molar-refractivity contribution is 0.138. The molecule has 4 rings (SSSR count). The zero-order chi connectivity index (χ0) is 21.8. The van der Waals surface area contributed by atoms with E-state index in [-0.39, 0.29) is 11.2 Å². The van der Waals surface area contributed by atoms with Crippen LogP contribution >= 0.6 is 0 Å². The van der Waals surface area contributed by atoms with Crippen LogP contribution < -0.4 is 11.2 Å². The molecule has 7 heteroatoms. The van der Waals surface area contributed by atoms with Gasteiger partial charge in [0.1, 0.15) is 11.4 Å². The van der Waals surface area contributed by atoms with Gasteiger partial charge in [-0.25, -0.2) is 9.78 Å². The van der Waals surface area contributed by atoms with Gasteiger partial charge in [0.15, 0.2) is 0 Å². The topological polar surface area (TPSA) is 88.4 Å². The number of nitrogens with zero attached hydrogens (tertiary/aromatic N) is 2. The molecule has 0 bridgehead atoms. The number of rotatable bonds is 8. The van der Waals surface area contributed by atoms with Crippen molar-refractivity contribution in [1.29, 1.82) is 0 Å². The molecule has 0 spiro atoms. The number of methoxy groups -OCH3 is 1. The quantitative estimate of drug-likeness (QED) is 0.441. The summed E-state index contributed by atoms with van der Waals surface area (Å²) in [7, 11) is 1.65. The third-order valence-corrected chi connectivity index (χ3v) is 5.34. The second-order valence-corrected chi connectivity index (χ2v) is 7.51. The van der Waals surface area contributed by atoms with Crippen LogP contribution in [0, 0.1) is 0 Å². The largest absolute Gasteiger partial charge is 0.423 e. The first kappa shape index (κ1) is 21.0. The molecule has 31 heavy (non-hydrogen) atoms. The van der Waals surface area contributed by atoms with Gasteiger partial charge in [0.25, 0.3) is 5.56 Å². The average Bonchev–Trinajstić information content (AvgIpc) is 2.77. The number of hydrogen-bond donors (Lipinski definition) is 1. The molecular weight excluding hydrogens is 394 g/mol. The number of fused-ring (bicyclic) bond motifs is 2. The van der Waals surface area contributed by atoms with Crippen molar-refractivity contribution < 1.29 is 9.15 Å². The van der Waals surface area contributed by atoms with Gasteiger partial charge in [0.05, 0.1) is 24.1 Å². The first-order valence-electron chi connectivity index (χ1n) is 10.3. The summed E-state index contributed by atoms with van der Waals surface area (Å²) in [6.07, 6.45) is 0.866. The maximum absolute atomic E-state index is 12.4. The highest BCUT2D eigenvalue weighted by Gasteiger charge is 2.14. The van der Waals surface area contributed by atoms with Crippen molar-refractivity contribution in [3.63, 3.8) is 0 Å². The summed E-state index contributed by atoms with van der Waals surface area (Å²) in [6.45, 7) is 4.09. The molecule has 7 nitrogen and oxygen atoms in total. The standard InChI is InChI=1S/C24H25N3O4/c1-3-16-8-9-18-17(13-23(28)31-21(18)12-16)14-27(10-11-30-2)15-22-25-20-7-5-4-6-19(20)24(29)26-22/h4-9,12-13H,3,10-11,14-15H2,1-2H3,(H,25,26,29). The van der Waals surface area contributed by atoms with Crippen molar-refractivity contribution >= 4 is 21.9 Å². The SMILES string of the molecule is CCc1ccc2c(CN(CCOC)Cc3nc4ccccc4c(=O)[nH]3)cc(=O)oc2c1. The number of benzene rings is 2. The molecule has 2 heterocycles. The molecule has 0 unspecified atom stereocenters. The van der Waals surface area contributed by atoms with E-state index >= 15 is 0 Å². The molecule has 0 aliphatic rings. The van der Waals surface area contributed by atoms with E-state index in [2.05, 4.69) is 21.8 Å². The molecule has 0 fully saturated rings. The van der Waals surface area contributed by atoms with Crippen molar-refractivity contribution in [2.24, 2.45) is 0 Å². The Kier molecular flexibility index (Phi) is 6.25. The van der Waals surface area contributed by atoms with E-state index in [1.807, 2.05) is 36.4 Å². The molecule has 4 aromatic rings. The number of hydrogen-bond acceptors (Lipinski definition) is 6. The third kappa shape index (κ3) is 4.73. The highest BCUT2D eigenvalue weighted by atomic mass is 16.5. The Labute approximate surface area is 179 Å². The summed E-state index contributed by atoms with van der Waals surface area (Å²) in [5.74, 6) is 0.570. The van der Waals surface area contributed by atoms with Crippen molar-refractivity contribution in [3.05, 3.63) is 86.3 Å². The fraction of sp³-hybridized carbons (Fsp3) is 0.292. The van der Waals surface area contributed by atoms with Crippen molar-refractivity contribution in [3.8, 4) is 0 Å².